The van der Waals surface area contributed by atoms with Crippen molar-refractivity contribution in [2.75, 3.05) is 0 Å². The van der Waals surface area contributed by atoms with E-state index in [9.17, 15) is 14.0 Å². The van der Waals surface area contributed by atoms with E-state index in [4.69, 9.17) is 0 Å². The van der Waals surface area contributed by atoms with Gasteiger partial charge in [0.25, 0.3) is 5.91 Å². The predicted octanol–water partition coefficient (Wildman–Crippen LogP) is 2.63. The van der Waals surface area contributed by atoms with Crippen molar-refractivity contribution in [3.63, 3.8) is 0 Å². The Morgan fingerprint density at radius 2 is 1.74 bits per heavy atom. The van der Waals surface area contributed by atoms with Gasteiger partial charge in [-0.05, 0) is 18.6 Å². The van der Waals surface area contributed by atoms with Crippen molar-refractivity contribution in [3.8, 4) is 0 Å². The number of hydrogen-bond acceptors (Lipinski definition) is 3. The molecule has 23 heavy (non-hydrogen) atoms. The summed E-state index contributed by atoms with van der Waals surface area (Å²) in [6.07, 6.45) is 1.16. The Hall–Kier alpha value is -3.02. The van der Waals surface area contributed by atoms with Crippen molar-refractivity contribution in [3.05, 3.63) is 71.5 Å². The van der Waals surface area contributed by atoms with Crippen molar-refractivity contribution < 1.29 is 14.0 Å². The van der Waals surface area contributed by atoms with Gasteiger partial charge in [0.15, 0.2) is 0 Å². The largest absolute Gasteiger partial charge is 0.346 e. The molecule has 1 heterocycles. The Bertz CT molecular complexity index is 791. The molecule has 0 unspecified atom stereocenters. The molecule has 2 aromatic rings. The summed E-state index contributed by atoms with van der Waals surface area (Å²) in [4.78, 5) is 24.6. The van der Waals surface area contributed by atoms with Crippen molar-refractivity contribution in [1.82, 2.24) is 10.3 Å². The van der Waals surface area contributed by atoms with E-state index in [0.29, 0.717) is 5.56 Å². The first-order chi connectivity index (χ1) is 11.0. The number of amides is 3. The fraction of sp³-hybridized carbons (Fsp3) is 0.118. The molecule has 0 aliphatic carbocycles. The van der Waals surface area contributed by atoms with Gasteiger partial charge >= 0.3 is 6.03 Å². The van der Waals surface area contributed by atoms with Crippen LogP contribution >= 0.6 is 0 Å². The third-order valence-electron chi connectivity index (χ3n) is 3.74. The van der Waals surface area contributed by atoms with Crippen LogP contribution < -0.4 is 5.32 Å². The maximum atomic E-state index is 13.6. The number of benzene rings is 2. The standard InChI is InChI=1S/C17H14FN3O2/c1-17(13-8-3-2-4-9-13)15(22)21(16(23)20-17)19-11-12-7-5-6-10-14(12)18/h2-11H,1H3,(H,20,23)/b19-11-/t17-/m0/s1. The molecule has 1 N–H and O–H groups in total. The first-order valence-electron chi connectivity index (χ1n) is 7.03. The van der Waals surface area contributed by atoms with Crippen molar-refractivity contribution in [2.45, 2.75) is 12.5 Å². The molecule has 0 aromatic heterocycles. The number of imide groups is 1. The van der Waals surface area contributed by atoms with E-state index in [1.807, 2.05) is 6.07 Å². The topological polar surface area (TPSA) is 61.8 Å². The van der Waals surface area contributed by atoms with Gasteiger partial charge in [-0.1, -0.05) is 48.5 Å². The second-order valence-electron chi connectivity index (χ2n) is 5.30. The third kappa shape index (κ3) is 2.59. The Balaban J connectivity index is 1.89. The van der Waals surface area contributed by atoms with E-state index in [0.717, 1.165) is 11.2 Å². The molecule has 0 saturated carbocycles. The minimum Gasteiger partial charge on any atom is -0.318 e. The van der Waals surface area contributed by atoms with Crippen LogP contribution in [-0.4, -0.2) is 23.2 Å². The molecule has 116 valence electrons. The number of nitrogens with zero attached hydrogens (tertiary/aromatic N) is 2. The number of halogens is 1. The molecule has 1 saturated heterocycles. The summed E-state index contributed by atoms with van der Waals surface area (Å²) < 4.78 is 13.6. The lowest BCUT2D eigenvalue weighted by molar-refractivity contribution is -0.131. The number of nitrogens with one attached hydrogen (secondary N) is 1. The molecule has 1 atom stereocenters. The highest BCUT2D eigenvalue weighted by molar-refractivity contribution is 6.07. The third-order valence-corrected chi connectivity index (χ3v) is 3.74. The Kier molecular flexibility index (Phi) is 3.65. The maximum Gasteiger partial charge on any atom is 0.346 e. The number of hydrazone groups is 1. The summed E-state index contributed by atoms with van der Waals surface area (Å²) in [6.45, 7) is 1.61. The average molecular weight is 311 g/mol. The average Bonchev–Trinajstić information content (AvgIpc) is 2.78. The van der Waals surface area contributed by atoms with E-state index in [2.05, 4.69) is 10.4 Å². The van der Waals surface area contributed by atoms with Gasteiger partial charge in [0, 0.05) is 5.56 Å². The molecular formula is C17H14FN3O2. The van der Waals surface area contributed by atoms with Crippen LogP contribution in [0.1, 0.15) is 18.1 Å². The maximum absolute atomic E-state index is 13.6. The van der Waals surface area contributed by atoms with Gasteiger partial charge in [0.05, 0.1) is 6.21 Å². The van der Waals surface area contributed by atoms with Crippen LogP contribution in [0.4, 0.5) is 9.18 Å². The van der Waals surface area contributed by atoms with E-state index in [1.54, 1.807) is 43.3 Å². The van der Waals surface area contributed by atoms with E-state index in [1.165, 1.54) is 12.1 Å². The second-order valence-corrected chi connectivity index (χ2v) is 5.30. The number of carbonyl (C=O) groups excluding carboxylic acids is 2. The molecule has 5 nitrogen and oxygen atoms in total. The van der Waals surface area contributed by atoms with Gasteiger partial charge in [0.2, 0.25) is 0 Å². The van der Waals surface area contributed by atoms with Crippen LogP contribution in [0.15, 0.2) is 59.7 Å². The highest BCUT2D eigenvalue weighted by Gasteiger charge is 2.49. The molecule has 3 rings (SSSR count). The molecular weight excluding hydrogens is 297 g/mol. The monoisotopic (exact) mass is 311 g/mol. The Labute approximate surface area is 132 Å². The smallest absolute Gasteiger partial charge is 0.318 e. The van der Waals surface area contributed by atoms with E-state index < -0.39 is 23.3 Å². The fourth-order valence-electron chi connectivity index (χ4n) is 2.40. The van der Waals surface area contributed by atoms with Crippen molar-refractivity contribution in [2.24, 2.45) is 5.10 Å². The minimum atomic E-state index is -1.19. The summed E-state index contributed by atoms with van der Waals surface area (Å²) in [5, 5.41) is 7.19. The molecule has 1 fully saturated rings. The zero-order valence-corrected chi connectivity index (χ0v) is 12.4. The highest BCUT2D eigenvalue weighted by Crippen LogP contribution is 2.28. The quantitative estimate of drug-likeness (QED) is 0.699. The van der Waals surface area contributed by atoms with Crippen LogP contribution in [0.25, 0.3) is 0 Å². The molecule has 0 radical (unpaired) electrons. The fourth-order valence-corrected chi connectivity index (χ4v) is 2.40. The Morgan fingerprint density at radius 1 is 1.09 bits per heavy atom. The van der Waals surface area contributed by atoms with Gasteiger partial charge < -0.3 is 5.32 Å². The molecule has 1 aliphatic rings. The van der Waals surface area contributed by atoms with Crippen molar-refractivity contribution in [1.29, 1.82) is 0 Å². The van der Waals surface area contributed by atoms with E-state index >= 15 is 0 Å². The van der Waals surface area contributed by atoms with Crippen LogP contribution in [-0.2, 0) is 10.3 Å². The predicted molar refractivity (Wildman–Crippen MR) is 83.2 cm³/mol. The molecule has 0 spiro atoms. The van der Waals surface area contributed by atoms with Gasteiger partial charge in [-0.25, -0.2) is 9.18 Å². The number of hydrogen-bond donors (Lipinski definition) is 1. The molecule has 6 heteroatoms. The van der Waals surface area contributed by atoms with Gasteiger partial charge in [-0.3, -0.25) is 4.79 Å². The number of urea groups is 1. The zero-order valence-electron chi connectivity index (χ0n) is 12.4. The molecule has 0 bridgehead atoms. The van der Waals surface area contributed by atoms with Crippen LogP contribution in [0.5, 0.6) is 0 Å². The molecule has 2 aromatic carbocycles. The summed E-state index contributed by atoms with van der Waals surface area (Å²) in [5.41, 5.74) is -0.339. The summed E-state index contributed by atoms with van der Waals surface area (Å²) in [5.74, 6) is -0.990. The number of carbonyl (C=O) groups is 2. The summed E-state index contributed by atoms with van der Waals surface area (Å²) >= 11 is 0. The van der Waals surface area contributed by atoms with Crippen LogP contribution in [0.2, 0.25) is 0 Å². The summed E-state index contributed by atoms with van der Waals surface area (Å²) in [6, 6.07) is 14.2. The normalized spacial score (nSPS) is 21.0. The SMILES string of the molecule is C[C@@]1(c2ccccc2)NC(=O)N(/N=C\c2ccccc2F)C1=O. The lowest BCUT2D eigenvalue weighted by atomic mass is 9.92. The van der Waals surface area contributed by atoms with Crippen LogP contribution in [0.3, 0.4) is 0 Å². The second kappa shape index (κ2) is 5.64. The number of rotatable bonds is 3. The summed E-state index contributed by atoms with van der Waals surface area (Å²) in [7, 11) is 0. The molecule has 3 amide bonds. The van der Waals surface area contributed by atoms with Crippen molar-refractivity contribution >= 4 is 18.2 Å². The zero-order chi connectivity index (χ0) is 16.4. The van der Waals surface area contributed by atoms with Crippen LogP contribution in [0, 0.1) is 5.82 Å². The Morgan fingerprint density at radius 3 is 2.43 bits per heavy atom. The first-order valence-corrected chi connectivity index (χ1v) is 7.03. The van der Waals surface area contributed by atoms with Gasteiger partial charge in [-0.15, -0.1) is 5.01 Å². The lowest BCUT2D eigenvalue weighted by Gasteiger charge is -2.20. The lowest BCUT2D eigenvalue weighted by Crippen LogP contribution is -2.40. The van der Waals surface area contributed by atoms with Gasteiger partial charge in [-0.2, -0.15) is 5.10 Å². The van der Waals surface area contributed by atoms with Gasteiger partial charge in [0.1, 0.15) is 11.4 Å². The van der Waals surface area contributed by atoms with E-state index in [-0.39, 0.29) is 5.56 Å². The highest BCUT2D eigenvalue weighted by atomic mass is 19.1. The minimum absolute atomic E-state index is 0.196. The molecule has 1 aliphatic heterocycles. The first kappa shape index (κ1) is 14.9.